The molecule has 10 heteroatoms. The molecule has 0 radical (unpaired) electrons. The molecular weight excluding hydrogens is 554 g/mol. The van der Waals surface area contributed by atoms with Crippen LogP contribution in [-0.4, -0.2) is 47.8 Å². The van der Waals surface area contributed by atoms with E-state index >= 15 is 0 Å². The third kappa shape index (κ3) is 7.86. The first-order valence-corrected chi connectivity index (χ1v) is 14.6. The van der Waals surface area contributed by atoms with Gasteiger partial charge in [0, 0.05) is 41.2 Å². The Balaban J connectivity index is 1.42. The summed E-state index contributed by atoms with van der Waals surface area (Å²) >= 11 is 6.49. The van der Waals surface area contributed by atoms with Crippen molar-refractivity contribution in [2.45, 2.75) is 65.0 Å². The molecule has 0 spiro atoms. The lowest BCUT2D eigenvalue weighted by Gasteiger charge is -2.19. The number of rotatable bonds is 12. The number of benzene rings is 1. The minimum Gasteiger partial charge on any atom is -0.494 e. The number of aryl methyl sites for hydroxylation is 1. The van der Waals surface area contributed by atoms with E-state index in [1.165, 1.54) is 0 Å². The summed E-state index contributed by atoms with van der Waals surface area (Å²) in [5.74, 6) is 1.13. The molecule has 0 atom stereocenters. The molecule has 1 aliphatic heterocycles. The van der Waals surface area contributed by atoms with Crippen LogP contribution in [0.2, 0.25) is 0 Å². The number of amidine groups is 1. The molecule has 42 heavy (non-hydrogen) atoms. The van der Waals surface area contributed by atoms with Gasteiger partial charge in [0.15, 0.2) is 5.43 Å². The molecule has 0 amide bonds. The van der Waals surface area contributed by atoms with Crippen LogP contribution < -0.4 is 15.9 Å². The molecule has 222 valence electrons. The van der Waals surface area contributed by atoms with Gasteiger partial charge in [-0.15, -0.1) is 0 Å². The van der Waals surface area contributed by atoms with E-state index in [9.17, 15) is 9.59 Å². The number of allylic oxidation sites excluding steroid dienone is 1. The van der Waals surface area contributed by atoms with E-state index in [2.05, 4.69) is 21.7 Å². The summed E-state index contributed by atoms with van der Waals surface area (Å²) in [4.78, 5) is 38.0. The second-order valence-corrected chi connectivity index (χ2v) is 10.7. The van der Waals surface area contributed by atoms with Crippen molar-refractivity contribution in [1.29, 1.82) is 0 Å². The highest BCUT2D eigenvalue weighted by molar-refractivity contribution is 6.33. The number of aliphatic imine (C=N–C) groups is 2. The maximum absolute atomic E-state index is 12.5. The minimum absolute atomic E-state index is 0.000155. The molecular formula is C32H38ClN5O4. The third-order valence-corrected chi connectivity index (χ3v) is 7.65. The molecule has 0 saturated heterocycles. The van der Waals surface area contributed by atoms with Crippen LogP contribution in [0.4, 0.5) is 0 Å². The van der Waals surface area contributed by atoms with Crippen molar-refractivity contribution < 1.29 is 14.3 Å². The van der Waals surface area contributed by atoms with E-state index < -0.39 is 0 Å². The molecule has 1 aliphatic carbocycles. The van der Waals surface area contributed by atoms with Crippen molar-refractivity contribution in [3.63, 3.8) is 0 Å². The quantitative estimate of drug-likeness (QED) is 0.145. The number of carbonyl (C=O) groups is 1. The van der Waals surface area contributed by atoms with E-state index in [1.54, 1.807) is 20.0 Å². The predicted octanol–water partition coefficient (Wildman–Crippen LogP) is 5.52. The average molecular weight is 592 g/mol. The maximum atomic E-state index is 12.5. The van der Waals surface area contributed by atoms with Gasteiger partial charge in [0.2, 0.25) is 0 Å². The Morgan fingerprint density at radius 3 is 2.64 bits per heavy atom. The molecule has 9 nitrogen and oxygen atoms in total. The van der Waals surface area contributed by atoms with Gasteiger partial charge < -0.3 is 25.1 Å². The number of aromatic amines is 1. The molecule has 1 saturated carbocycles. The van der Waals surface area contributed by atoms with Crippen LogP contribution in [0.1, 0.15) is 60.9 Å². The number of hydrogen-bond donors (Lipinski definition) is 2. The van der Waals surface area contributed by atoms with E-state index in [1.807, 2.05) is 47.5 Å². The molecule has 4 rings (SSSR count). The number of halogens is 1. The van der Waals surface area contributed by atoms with Crippen LogP contribution in [0.5, 0.6) is 5.75 Å². The van der Waals surface area contributed by atoms with Crippen molar-refractivity contribution in [2.24, 2.45) is 15.7 Å². The van der Waals surface area contributed by atoms with Crippen molar-refractivity contribution >= 4 is 36.2 Å². The number of nitrogens with one attached hydrogen (secondary N) is 1. The van der Waals surface area contributed by atoms with Crippen LogP contribution in [0, 0.1) is 13.8 Å². The Morgan fingerprint density at radius 1 is 1.21 bits per heavy atom. The molecule has 0 bridgehead atoms. The fourth-order valence-electron chi connectivity index (χ4n) is 5.02. The second kappa shape index (κ2) is 14.8. The predicted molar refractivity (Wildman–Crippen MR) is 168 cm³/mol. The first kappa shape index (κ1) is 31.0. The monoisotopic (exact) mass is 591 g/mol. The third-order valence-electron chi connectivity index (χ3n) is 7.34. The van der Waals surface area contributed by atoms with Crippen LogP contribution in [0.3, 0.4) is 0 Å². The van der Waals surface area contributed by atoms with Gasteiger partial charge >= 0.3 is 5.97 Å². The highest BCUT2D eigenvalue weighted by Crippen LogP contribution is 2.32. The number of hydrogen-bond acceptors (Lipinski definition) is 7. The molecule has 0 unspecified atom stereocenters. The van der Waals surface area contributed by atoms with E-state index in [-0.39, 0.29) is 29.3 Å². The molecule has 3 N–H and O–H groups in total. The lowest BCUT2D eigenvalue weighted by Crippen LogP contribution is -2.26. The summed E-state index contributed by atoms with van der Waals surface area (Å²) in [6, 6.07) is 7.66. The zero-order valence-corrected chi connectivity index (χ0v) is 25.0. The first-order chi connectivity index (χ1) is 20.3. The Bertz CT molecular complexity index is 1470. The number of ether oxygens (including phenoxy) is 2. The Hall–Kier alpha value is -3.95. The highest BCUT2D eigenvalue weighted by atomic mass is 35.5. The number of aromatic nitrogens is 1. The van der Waals surface area contributed by atoms with Gasteiger partial charge in [-0.25, -0.2) is 0 Å². The fraction of sp³-hybridized carbons (Fsp3) is 0.375. The first-order valence-electron chi connectivity index (χ1n) is 14.2. The van der Waals surface area contributed by atoms with Crippen LogP contribution in [0.25, 0.3) is 6.08 Å². The number of nitrogens with zero attached hydrogens (tertiary/aromatic N) is 3. The Labute approximate surface area is 251 Å². The van der Waals surface area contributed by atoms with Gasteiger partial charge in [0.1, 0.15) is 22.8 Å². The largest absolute Gasteiger partial charge is 0.494 e. The van der Waals surface area contributed by atoms with Crippen molar-refractivity contribution in [1.82, 2.24) is 9.88 Å². The van der Waals surface area contributed by atoms with Crippen molar-refractivity contribution in [2.75, 3.05) is 13.3 Å². The van der Waals surface area contributed by atoms with E-state index in [0.29, 0.717) is 48.5 Å². The van der Waals surface area contributed by atoms with Gasteiger partial charge in [-0.05, 0) is 70.4 Å². The summed E-state index contributed by atoms with van der Waals surface area (Å²) in [7, 11) is 0. The zero-order chi connectivity index (χ0) is 30.1. The van der Waals surface area contributed by atoms with Crippen LogP contribution in [0.15, 0.2) is 73.8 Å². The topological polar surface area (TPSA) is 122 Å². The SMILES string of the molecule is C=N/C(Cl)=C1/C(/C=C\c2ccc(OCCCC(=O)OC3CCCC3)cc2)=CN(Cc2[nH]cc(C)c(=O)c2C)/C1=N/CN. The molecule has 2 heterocycles. The zero-order valence-electron chi connectivity index (χ0n) is 24.2. The smallest absolute Gasteiger partial charge is 0.306 e. The number of H-pyrrole nitrogens is 1. The van der Waals surface area contributed by atoms with Gasteiger partial charge in [-0.2, -0.15) is 0 Å². The molecule has 2 aromatic rings. The fourth-order valence-corrected chi connectivity index (χ4v) is 5.21. The second-order valence-electron chi connectivity index (χ2n) is 10.4. The number of pyridine rings is 1. The lowest BCUT2D eigenvalue weighted by molar-refractivity contribution is -0.148. The summed E-state index contributed by atoms with van der Waals surface area (Å²) in [6.45, 7) is 8.02. The summed E-state index contributed by atoms with van der Waals surface area (Å²) < 4.78 is 11.3. The number of carbonyl (C=O) groups excluding carboxylic acids is 1. The van der Waals surface area contributed by atoms with Gasteiger partial charge in [0.25, 0.3) is 0 Å². The standard InChI is InChI=1S/C32H38ClN5O4/c1-21-17-36-27(22(2)30(21)40)19-38-18-24(29(31(33)35-3)32(38)37-20-34)13-10-23-11-14-25(15-12-23)41-16-6-9-28(39)42-26-7-4-5-8-26/h10-15,17-18,26H,3-9,16,19-20,34H2,1-2H3,(H,36,40)/b13-10-,31-29-,37-32+. The summed E-state index contributed by atoms with van der Waals surface area (Å²) in [6.07, 6.45) is 12.8. The van der Waals surface area contributed by atoms with Crippen molar-refractivity contribution in [3.05, 3.63) is 91.6 Å². The number of esters is 1. The lowest BCUT2D eigenvalue weighted by atomic mass is 10.1. The van der Waals surface area contributed by atoms with Crippen LogP contribution in [-0.2, 0) is 16.1 Å². The van der Waals surface area contributed by atoms with Crippen molar-refractivity contribution in [3.8, 4) is 5.75 Å². The molecule has 1 fully saturated rings. The highest BCUT2D eigenvalue weighted by Gasteiger charge is 2.28. The minimum atomic E-state index is -0.145. The van der Waals surface area contributed by atoms with E-state index in [0.717, 1.165) is 48.3 Å². The summed E-state index contributed by atoms with van der Waals surface area (Å²) in [5, 5.41) is 0.200. The maximum Gasteiger partial charge on any atom is 0.306 e. The van der Waals surface area contributed by atoms with Gasteiger partial charge in [0.05, 0.1) is 25.4 Å². The average Bonchev–Trinajstić information content (AvgIpc) is 3.62. The Kier molecular flexibility index (Phi) is 10.9. The number of nitrogens with two attached hydrogens (primary N) is 1. The molecule has 1 aromatic heterocycles. The molecule has 2 aliphatic rings. The molecule has 1 aromatic carbocycles. The Morgan fingerprint density at radius 2 is 1.95 bits per heavy atom. The van der Waals surface area contributed by atoms with Gasteiger partial charge in [-0.3, -0.25) is 19.6 Å². The van der Waals surface area contributed by atoms with Gasteiger partial charge in [-0.1, -0.05) is 35.9 Å². The van der Waals surface area contributed by atoms with E-state index in [4.69, 9.17) is 26.8 Å². The normalized spacial score (nSPS) is 17.7. The summed E-state index contributed by atoms with van der Waals surface area (Å²) in [5.41, 5.74) is 10.2. The van der Waals surface area contributed by atoms with Crippen LogP contribution >= 0.6 is 11.6 Å².